The first kappa shape index (κ1) is 10.8. The molecule has 0 bridgehead atoms. The van der Waals surface area contributed by atoms with Gasteiger partial charge >= 0.3 is 5.69 Å². The minimum atomic E-state index is -0.519. The summed E-state index contributed by atoms with van der Waals surface area (Å²) >= 11 is 0. The lowest BCUT2D eigenvalue weighted by Gasteiger charge is -2.12. The first-order valence-electron chi connectivity index (χ1n) is 4.94. The van der Waals surface area contributed by atoms with E-state index in [4.69, 9.17) is 10.8 Å². The molecule has 0 unspecified atom stereocenters. The predicted molar refractivity (Wildman–Crippen MR) is 56.3 cm³/mol. The monoisotopic (exact) mass is 225 g/mol. The van der Waals surface area contributed by atoms with E-state index in [1.165, 1.54) is 22.9 Å². The summed E-state index contributed by atoms with van der Waals surface area (Å²) in [7, 11) is 0. The normalized spacial score (nSPS) is 24.5. The molecular weight excluding hydrogens is 213 g/mol. The van der Waals surface area contributed by atoms with Crippen LogP contribution < -0.4 is 11.4 Å². The summed E-state index contributed by atoms with van der Waals surface area (Å²) in [6, 6.07) is 1.09. The van der Waals surface area contributed by atoms with Crippen LogP contribution in [0.25, 0.3) is 0 Å². The lowest BCUT2D eigenvalue weighted by molar-refractivity contribution is 0.223. The molecule has 1 aromatic rings. The zero-order valence-corrected chi connectivity index (χ0v) is 8.51. The minimum absolute atomic E-state index is 0.141. The number of aromatic nitrogens is 2. The van der Waals surface area contributed by atoms with E-state index in [-0.39, 0.29) is 18.3 Å². The van der Waals surface area contributed by atoms with Crippen molar-refractivity contribution in [2.45, 2.75) is 12.5 Å². The van der Waals surface area contributed by atoms with E-state index < -0.39 is 17.6 Å². The smallest absolute Gasteiger partial charge is 0.350 e. The van der Waals surface area contributed by atoms with Crippen LogP contribution in [0.15, 0.2) is 29.0 Å². The van der Waals surface area contributed by atoms with Crippen molar-refractivity contribution in [3.8, 4) is 0 Å². The van der Waals surface area contributed by atoms with Crippen LogP contribution >= 0.6 is 0 Å². The van der Waals surface area contributed by atoms with Gasteiger partial charge < -0.3 is 10.8 Å². The second-order valence-corrected chi connectivity index (χ2v) is 3.78. The molecule has 5 nitrogen and oxygen atoms in total. The molecular formula is C10H12FN3O2. The number of anilines is 1. The SMILES string of the molecule is Nc1ccn([C@H]2C=C(F)[C@H](CO)C2)c(=O)n1. The van der Waals surface area contributed by atoms with Crippen LogP contribution in [0.4, 0.5) is 10.2 Å². The fourth-order valence-corrected chi connectivity index (χ4v) is 1.83. The highest BCUT2D eigenvalue weighted by Crippen LogP contribution is 2.33. The van der Waals surface area contributed by atoms with Crippen molar-refractivity contribution in [2.75, 3.05) is 12.3 Å². The maximum Gasteiger partial charge on any atom is 0.350 e. The van der Waals surface area contributed by atoms with Gasteiger partial charge in [-0.1, -0.05) is 0 Å². The summed E-state index contributed by atoms with van der Waals surface area (Å²) in [5, 5.41) is 8.91. The number of hydrogen-bond donors (Lipinski definition) is 2. The molecule has 0 saturated carbocycles. The second-order valence-electron chi connectivity index (χ2n) is 3.78. The average Bonchev–Trinajstić information content (AvgIpc) is 2.59. The quantitative estimate of drug-likeness (QED) is 0.755. The Bertz CT molecular complexity index is 483. The van der Waals surface area contributed by atoms with Crippen molar-refractivity contribution in [2.24, 2.45) is 5.92 Å². The third-order valence-electron chi connectivity index (χ3n) is 2.70. The summed E-state index contributed by atoms with van der Waals surface area (Å²) in [5.74, 6) is -0.756. The molecule has 2 atom stereocenters. The molecule has 0 aromatic carbocycles. The van der Waals surface area contributed by atoms with E-state index in [1.807, 2.05) is 0 Å². The number of hydrogen-bond acceptors (Lipinski definition) is 4. The van der Waals surface area contributed by atoms with Gasteiger partial charge in [0, 0.05) is 12.1 Å². The third kappa shape index (κ3) is 1.83. The van der Waals surface area contributed by atoms with Crippen molar-refractivity contribution in [1.29, 1.82) is 0 Å². The summed E-state index contributed by atoms with van der Waals surface area (Å²) < 4.78 is 14.6. The Morgan fingerprint density at radius 1 is 1.69 bits per heavy atom. The van der Waals surface area contributed by atoms with Crippen molar-refractivity contribution in [3.05, 3.63) is 34.7 Å². The van der Waals surface area contributed by atoms with Gasteiger partial charge in [0.1, 0.15) is 11.6 Å². The van der Waals surface area contributed by atoms with Crippen LogP contribution in [0.3, 0.4) is 0 Å². The van der Waals surface area contributed by atoms with Crippen molar-refractivity contribution < 1.29 is 9.50 Å². The van der Waals surface area contributed by atoms with Crippen molar-refractivity contribution in [1.82, 2.24) is 9.55 Å². The number of nitrogens with zero attached hydrogens (tertiary/aromatic N) is 2. The Labute approximate surface area is 91.0 Å². The van der Waals surface area contributed by atoms with E-state index in [9.17, 15) is 9.18 Å². The molecule has 2 rings (SSSR count). The van der Waals surface area contributed by atoms with Gasteiger partial charge in [0.25, 0.3) is 0 Å². The van der Waals surface area contributed by atoms with Gasteiger partial charge in [-0.3, -0.25) is 4.57 Å². The Hall–Kier alpha value is -1.69. The maximum atomic E-state index is 13.3. The third-order valence-corrected chi connectivity index (χ3v) is 2.70. The van der Waals surface area contributed by atoms with Crippen molar-refractivity contribution in [3.63, 3.8) is 0 Å². The van der Waals surface area contributed by atoms with Crippen molar-refractivity contribution >= 4 is 5.82 Å². The molecule has 1 aromatic heterocycles. The summed E-state index contributed by atoms with van der Waals surface area (Å²) in [4.78, 5) is 15.1. The Morgan fingerprint density at radius 2 is 2.44 bits per heavy atom. The highest BCUT2D eigenvalue weighted by Gasteiger charge is 2.27. The number of aliphatic hydroxyl groups is 1. The predicted octanol–water partition coefficient (Wildman–Crippen LogP) is 0.232. The molecule has 0 radical (unpaired) electrons. The number of aliphatic hydroxyl groups excluding tert-OH is 1. The molecule has 0 amide bonds. The largest absolute Gasteiger partial charge is 0.396 e. The standard InChI is InChI=1S/C10H12FN3O2/c11-8-4-7(3-6(8)5-15)14-2-1-9(12)13-10(14)16/h1-2,4,6-7,15H,3,5H2,(H2,12,13,16)/t6-,7+/m0/s1. The lowest BCUT2D eigenvalue weighted by Crippen LogP contribution is -2.26. The molecule has 86 valence electrons. The fourth-order valence-electron chi connectivity index (χ4n) is 1.83. The molecule has 0 saturated heterocycles. The summed E-state index contributed by atoms with van der Waals surface area (Å²) in [6.07, 6.45) is 3.19. The molecule has 1 heterocycles. The van der Waals surface area contributed by atoms with E-state index in [0.717, 1.165) is 0 Å². The zero-order chi connectivity index (χ0) is 11.7. The molecule has 6 heteroatoms. The number of allylic oxidation sites excluding steroid dienone is 1. The van der Waals surface area contributed by atoms with E-state index in [2.05, 4.69) is 4.98 Å². The minimum Gasteiger partial charge on any atom is -0.396 e. The molecule has 1 aliphatic carbocycles. The first-order chi connectivity index (χ1) is 7.61. The number of rotatable bonds is 2. The second kappa shape index (κ2) is 4.05. The van der Waals surface area contributed by atoms with Crippen LogP contribution in [0.5, 0.6) is 0 Å². The average molecular weight is 225 g/mol. The highest BCUT2D eigenvalue weighted by molar-refractivity contribution is 5.24. The highest BCUT2D eigenvalue weighted by atomic mass is 19.1. The summed E-state index contributed by atoms with van der Waals surface area (Å²) in [6.45, 7) is -0.254. The molecule has 0 spiro atoms. The van der Waals surface area contributed by atoms with E-state index in [0.29, 0.717) is 6.42 Å². The van der Waals surface area contributed by atoms with Gasteiger partial charge in [0.05, 0.1) is 12.6 Å². The Kier molecular flexibility index (Phi) is 2.74. The van der Waals surface area contributed by atoms with E-state index in [1.54, 1.807) is 0 Å². The van der Waals surface area contributed by atoms with Gasteiger partial charge in [0.15, 0.2) is 0 Å². The number of nitrogen functional groups attached to an aromatic ring is 1. The molecule has 0 fully saturated rings. The molecule has 1 aliphatic rings. The van der Waals surface area contributed by atoms with Crippen LogP contribution in [0.1, 0.15) is 12.5 Å². The lowest BCUT2D eigenvalue weighted by atomic mass is 10.1. The summed E-state index contributed by atoms with van der Waals surface area (Å²) in [5.41, 5.74) is 4.85. The molecule has 16 heavy (non-hydrogen) atoms. The van der Waals surface area contributed by atoms with Crippen LogP contribution in [0.2, 0.25) is 0 Å². The van der Waals surface area contributed by atoms with Gasteiger partial charge in [0.2, 0.25) is 0 Å². The van der Waals surface area contributed by atoms with Gasteiger partial charge in [-0.25, -0.2) is 9.18 Å². The van der Waals surface area contributed by atoms with Gasteiger partial charge in [-0.05, 0) is 18.6 Å². The Morgan fingerprint density at radius 3 is 3.00 bits per heavy atom. The van der Waals surface area contributed by atoms with E-state index >= 15 is 0 Å². The van der Waals surface area contributed by atoms with Crippen LogP contribution in [-0.2, 0) is 0 Å². The fraction of sp³-hybridized carbons (Fsp3) is 0.400. The van der Waals surface area contributed by atoms with Crippen LogP contribution in [0, 0.1) is 5.92 Å². The zero-order valence-electron chi connectivity index (χ0n) is 8.51. The Balaban J connectivity index is 2.31. The maximum absolute atomic E-state index is 13.3. The number of halogens is 1. The topological polar surface area (TPSA) is 81.1 Å². The molecule has 0 aliphatic heterocycles. The molecule has 3 N–H and O–H groups in total. The van der Waals surface area contributed by atoms with Gasteiger partial charge in [-0.15, -0.1) is 0 Å². The first-order valence-corrected chi connectivity index (χ1v) is 4.94. The number of nitrogens with two attached hydrogens (primary N) is 1. The van der Waals surface area contributed by atoms with Crippen LogP contribution in [-0.4, -0.2) is 21.3 Å². The van der Waals surface area contributed by atoms with Gasteiger partial charge in [-0.2, -0.15) is 4.98 Å².